The molecule has 226 valence electrons. The van der Waals surface area contributed by atoms with E-state index < -0.39 is 53.0 Å². The third kappa shape index (κ3) is 5.02. The second-order valence-electron chi connectivity index (χ2n) is 10.6. The first-order valence-corrected chi connectivity index (χ1v) is 13.4. The van der Waals surface area contributed by atoms with Gasteiger partial charge in [0.2, 0.25) is 11.7 Å². The van der Waals surface area contributed by atoms with Crippen molar-refractivity contribution in [1.82, 2.24) is 24.6 Å². The van der Waals surface area contributed by atoms with Crippen LogP contribution in [-0.4, -0.2) is 67.5 Å². The summed E-state index contributed by atoms with van der Waals surface area (Å²) < 4.78 is 72.7. The minimum absolute atomic E-state index is 0.0109. The van der Waals surface area contributed by atoms with Crippen molar-refractivity contribution in [2.75, 3.05) is 25.4 Å². The van der Waals surface area contributed by atoms with Crippen LogP contribution in [0.5, 0.6) is 11.6 Å². The van der Waals surface area contributed by atoms with Crippen LogP contribution in [-0.2, 0) is 17.6 Å². The largest absolute Gasteiger partial charge is 0.574 e. The molecule has 43 heavy (non-hydrogen) atoms. The summed E-state index contributed by atoms with van der Waals surface area (Å²) in [4.78, 5) is 32.5. The number of alkyl halides is 3. The van der Waals surface area contributed by atoms with E-state index in [4.69, 9.17) is 5.73 Å². The third-order valence-corrected chi connectivity index (χ3v) is 7.96. The quantitative estimate of drug-likeness (QED) is 0.334. The van der Waals surface area contributed by atoms with E-state index in [1.807, 2.05) is 0 Å². The number of aromatic hydroxyl groups is 1. The van der Waals surface area contributed by atoms with Gasteiger partial charge in [-0.25, -0.2) is 14.1 Å². The minimum atomic E-state index is -5.23. The number of carbonyl (C=O) groups is 2. The molecule has 3 N–H and O–H groups in total. The molecule has 1 fully saturated rings. The number of carbonyl (C=O) groups excluding carboxylic acids is 2. The summed E-state index contributed by atoms with van der Waals surface area (Å²) in [5, 5.41) is 15.5. The van der Waals surface area contributed by atoms with Crippen molar-refractivity contribution >= 4 is 17.5 Å². The number of rotatable bonds is 5. The van der Waals surface area contributed by atoms with Gasteiger partial charge in [-0.15, -0.1) is 13.2 Å². The van der Waals surface area contributed by atoms with E-state index in [2.05, 4.69) is 21.4 Å². The monoisotopic (exact) mass is 604 g/mol. The molecule has 1 saturated carbocycles. The van der Waals surface area contributed by atoms with Gasteiger partial charge in [-0.3, -0.25) is 9.59 Å². The SMILES string of the molecule is C=CC(=O)N1CCc2nn(-c3cc(F)c(C4CC4)cc3O)c3c2[C@H](C1)N(C(=O)c1cnc(OC(F)(F)F)c(F)c1N)CC3. The predicted octanol–water partition coefficient (Wildman–Crippen LogP) is 3.92. The van der Waals surface area contributed by atoms with E-state index >= 15 is 4.39 Å². The first-order chi connectivity index (χ1) is 20.4. The van der Waals surface area contributed by atoms with Crippen molar-refractivity contribution in [2.45, 2.75) is 44.0 Å². The zero-order chi connectivity index (χ0) is 30.8. The number of hydrogen-bond donors (Lipinski definition) is 2. The number of nitrogens with two attached hydrogens (primary N) is 1. The van der Waals surface area contributed by atoms with Gasteiger partial charge in [0, 0.05) is 50.3 Å². The number of aromatic nitrogens is 3. The molecule has 6 rings (SSSR count). The van der Waals surface area contributed by atoms with Crippen LogP contribution in [0, 0.1) is 11.6 Å². The van der Waals surface area contributed by atoms with Crippen molar-refractivity contribution in [1.29, 1.82) is 0 Å². The Bertz CT molecular complexity index is 1670. The molecule has 3 aliphatic rings. The maximum atomic E-state index is 15.0. The second-order valence-corrected chi connectivity index (χ2v) is 10.6. The topological polar surface area (TPSA) is 127 Å². The fraction of sp³-hybridized carbons (Fsp3) is 0.357. The summed E-state index contributed by atoms with van der Waals surface area (Å²) >= 11 is 0. The minimum Gasteiger partial charge on any atom is -0.506 e. The van der Waals surface area contributed by atoms with Crippen molar-refractivity contribution in [3.05, 3.63) is 70.7 Å². The number of benzene rings is 1. The van der Waals surface area contributed by atoms with Gasteiger partial charge >= 0.3 is 6.36 Å². The molecule has 0 unspecified atom stereocenters. The van der Waals surface area contributed by atoms with Crippen LogP contribution in [0.4, 0.5) is 27.6 Å². The van der Waals surface area contributed by atoms with Crippen molar-refractivity contribution in [3.8, 4) is 17.3 Å². The number of phenolic OH excluding ortho intramolecular Hbond substituents is 1. The number of ether oxygens (including phenoxy) is 1. The number of nitrogen functional groups attached to an aromatic ring is 1. The lowest BCUT2D eigenvalue weighted by molar-refractivity contribution is -0.277. The predicted molar refractivity (Wildman–Crippen MR) is 140 cm³/mol. The molecule has 1 aliphatic carbocycles. The van der Waals surface area contributed by atoms with E-state index in [0.29, 0.717) is 28.7 Å². The van der Waals surface area contributed by atoms with Gasteiger partial charge in [-0.1, -0.05) is 6.58 Å². The van der Waals surface area contributed by atoms with Crippen LogP contribution in [0.15, 0.2) is 31.0 Å². The van der Waals surface area contributed by atoms with Crippen molar-refractivity contribution in [3.63, 3.8) is 0 Å². The van der Waals surface area contributed by atoms with Gasteiger partial charge in [0.15, 0.2) is 0 Å². The average molecular weight is 605 g/mol. The molecule has 0 radical (unpaired) electrons. The zero-order valence-electron chi connectivity index (χ0n) is 22.5. The molecular formula is C28H25F5N6O4. The van der Waals surface area contributed by atoms with Gasteiger partial charge in [0.05, 0.1) is 28.7 Å². The molecule has 10 nitrogen and oxygen atoms in total. The standard InChI is InChI=1S/C28H25F5N6O4/c1-2-22(41)37-7-5-17-23-18(39(36-17)19-10-16(29)14(9-21(19)40)13-3-4-13)6-8-38(20(23)12-37)27(42)15-11-35-26(24(30)25(15)34)43-28(31,32)33/h2,9-11,13,20,40H,1,3-8,12H2,(H2,34,35)/t20-/m0/s1. The van der Waals surface area contributed by atoms with Crippen molar-refractivity contribution in [2.24, 2.45) is 0 Å². The molecule has 15 heteroatoms. The molecule has 2 aliphatic heterocycles. The summed E-state index contributed by atoms with van der Waals surface area (Å²) in [6, 6.07) is 1.78. The van der Waals surface area contributed by atoms with E-state index in [0.717, 1.165) is 18.9 Å². The number of nitrogens with zero attached hydrogens (tertiary/aromatic N) is 5. The molecule has 0 spiro atoms. The first kappa shape index (κ1) is 28.4. The number of amides is 2. The number of pyridine rings is 1. The zero-order valence-corrected chi connectivity index (χ0v) is 22.5. The molecule has 4 heterocycles. The smallest absolute Gasteiger partial charge is 0.506 e. The van der Waals surface area contributed by atoms with Crippen LogP contribution in [0.1, 0.15) is 57.7 Å². The fourth-order valence-corrected chi connectivity index (χ4v) is 5.80. The summed E-state index contributed by atoms with van der Waals surface area (Å²) in [6.07, 6.45) is -1.31. The molecule has 0 bridgehead atoms. The number of halogens is 5. The lowest BCUT2D eigenvalue weighted by Gasteiger charge is -2.38. The third-order valence-electron chi connectivity index (χ3n) is 7.96. The molecule has 1 aromatic carbocycles. The van der Waals surface area contributed by atoms with E-state index in [1.54, 1.807) is 0 Å². The summed E-state index contributed by atoms with van der Waals surface area (Å²) in [5.41, 5.74) is 6.56. The van der Waals surface area contributed by atoms with Crippen LogP contribution in [0.2, 0.25) is 0 Å². The Balaban J connectivity index is 1.41. The lowest BCUT2D eigenvalue weighted by Crippen LogP contribution is -2.46. The number of phenols is 1. The van der Waals surface area contributed by atoms with Gasteiger partial charge in [-0.2, -0.15) is 9.49 Å². The van der Waals surface area contributed by atoms with Crippen LogP contribution >= 0.6 is 0 Å². The first-order valence-electron chi connectivity index (χ1n) is 13.4. The average Bonchev–Trinajstić information content (AvgIpc) is 3.76. The highest BCUT2D eigenvalue weighted by molar-refractivity contribution is 5.99. The molecular weight excluding hydrogens is 579 g/mol. The molecule has 1 atom stereocenters. The molecule has 2 aromatic heterocycles. The van der Waals surface area contributed by atoms with Gasteiger partial charge in [-0.05, 0) is 36.5 Å². The Kier molecular flexibility index (Phi) is 6.77. The summed E-state index contributed by atoms with van der Waals surface area (Å²) in [7, 11) is 0. The van der Waals surface area contributed by atoms with Gasteiger partial charge in [0.1, 0.15) is 17.3 Å². The Morgan fingerprint density at radius 2 is 1.91 bits per heavy atom. The number of anilines is 1. The Morgan fingerprint density at radius 3 is 2.58 bits per heavy atom. The van der Waals surface area contributed by atoms with Crippen LogP contribution in [0.25, 0.3) is 5.69 Å². The molecule has 0 saturated heterocycles. The Labute approximate surface area is 241 Å². The maximum Gasteiger partial charge on any atom is 0.574 e. The molecule has 3 aromatic rings. The number of hydrogen-bond acceptors (Lipinski definition) is 7. The highest BCUT2D eigenvalue weighted by atomic mass is 19.4. The molecule has 2 amide bonds. The van der Waals surface area contributed by atoms with E-state index in [1.165, 1.54) is 26.6 Å². The summed E-state index contributed by atoms with van der Waals surface area (Å²) in [5.74, 6) is -4.89. The highest BCUT2D eigenvalue weighted by Gasteiger charge is 2.42. The van der Waals surface area contributed by atoms with E-state index in [9.17, 15) is 32.3 Å². The normalized spacial score (nSPS) is 18.2. The highest BCUT2D eigenvalue weighted by Crippen LogP contribution is 2.45. The van der Waals surface area contributed by atoms with E-state index in [-0.39, 0.29) is 49.8 Å². The van der Waals surface area contributed by atoms with Crippen LogP contribution in [0.3, 0.4) is 0 Å². The van der Waals surface area contributed by atoms with Gasteiger partial charge < -0.3 is 25.4 Å². The van der Waals surface area contributed by atoms with Crippen molar-refractivity contribution < 1.29 is 41.4 Å². The summed E-state index contributed by atoms with van der Waals surface area (Å²) in [6.45, 7) is 3.70. The van der Waals surface area contributed by atoms with Crippen LogP contribution < -0.4 is 10.5 Å². The fourth-order valence-electron chi connectivity index (χ4n) is 5.80. The Hall–Kier alpha value is -4.69. The van der Waals surface area contributed by atoms with Gasteiger partial charge in [0.25, 0.3) is 11.8 Å². The maximum absolute atomic E-state index is 15.0. The second kappa shape index (κ2) is 10.2. The lowest BCUT2D eigenvalue weighted by atomic mass is 9.94. The Morgan fingerprint density at radius 1 is 1.16 bits per heavy atom.